The molecule has 5 nitrogen and oxygen atoms in total. The van der Waals surface area contributed by atoms with Crippen LogP contribution in [0, 0.1) is 5.92 Å². The lowest BCUT2D eigenvalue weighted by molar-refractivity contribution is -0.147. The first-order valence-corrected chi connectivity index (χ1v) is 7.48. The number of piperazine rings is 1. The third-order valence-corrected chi connectivity index (χ3v) is 4.42. The quantitative estimate of drug-likeness (QED) is 0.703. The van der Waals surface area contributed by atoms with Crippen LogP contribution in [0.1, 0.15) is 26.2 Å². The topological polar surface area (TPSA) is 55.8 Å². The standard InChI is InChI=1S/C14H27N3O2/c1-3-6-15-14(13(18)19,12-4-5-12)11-17-9-7-16(2)8-10-17/h12,15H,3-11H2,1-2H3,(H,18,19). The van der Waals surface area contributed by atoms with E-state index in [-0.39, 0.29) is 0 Å². The van der Waals surface area contributed by atoms with E-state index in [1.807, 2.05) is 0 Å². The highest BCUT2D eigenvalue weighted by Crippen LogP contribution is 2.40. The van der Waals surface area contributed by atoms with Gasteiger partial charge in [-0.2, -0.15) is 0 Å². The van der Waals surface area contributed by atoms with Crippen molar-refractivity contribution in [3.63, 3.8) is 0 Å². The minimum atomic E-state index is -0.716. The van der Waals surface area contributed by atoms with Gasteiger partial charge in [0.2, 0.25) is 0 Å². The number of carboxylic acid groups (broad SMARTS) is 1. The molecule has 1 unspecified atom stereocenters. The average Bonchev–Trinajstić information content (AvgIpc) is 3.21. The van der Waals surface area contributed by atoms with E-state index in [1.54, 1.807) is 0 Å². The normalized spacial score (nSPS) is 25.2. The van der Waals surface area contributed by atoms with E-state index < -0.39 is 11.5 Å². The number of carbonyl (C=O) groups is 1. The highest BCUT2D eigenvalue weighted by molar-refractivity contribution is 5.80. The van der Waals surface area contributed by atoms with Crippen molar-refractivity contribution in [2.24, 2.45) is 5.92 Å². The van der Waals surface area contributed by atoms with E-state index in [1.165, 1.54) is 0 Å². The van der Waals surface area contributed by atoms with Gasteiger partial charge in [0.1, 0.15) is 5.54 Å². The molecule has 0 aromatic carbocycles. The Morgan fingerprint density at radius 2 is 1.95 bits per heavy atom. The van der Waals surface area contributed by atoms with Gasteiger partial charge in [0.25, 0.3) is 0 Å². The maximum Gasteiger partial charge on any atom is 0.325 e. The van der Waals surface area contributed by atoms with E-state index in [2.05, 4.69) is 29.1 Å². The van der Waals surface area contributed by atoms with Crippen molar-refractivity contribution in [2.45, 2.75) is 31.7 Å². The predicted octanol–water partition coefficient (Wildman–Crippen LogP) is 0.467. The highest BCUT2D eigenvalue weighted by Gasteiger charge is 2.51. The number of carboxylic acids is 1. The second kappa shape index (κ2) is 6.20. The molecule has 1 aliphatic heterocycles. The third kappa shape index (κ3) is 3.46. The number of hydrogen-bond acceptors (Lipinski definition) is 4. The molecule has 1 heterocycles. The van der Waals surface area contributed by atoms with Crippen molar-refractivity contribution in [3.8, 4) is 0 Å². The average molecular weight is 269 g/mol. The summed E-state index contributed by atoms with van der Waals surface area (Å²) in [6.45, 7) is 7.56. The summed E-state index contributed by atoms with van der Waals surface area (Å²) in [6, 6.07) is 0. The van der Waals surface area contributed by atoms with E-state index in [4.69, 9.17) is 0 Å². The Labute approximate surface area is 115 Å². The van der Waals surface area contributed by atoms with Crippen LogP contribution in [-0.4, -0.2) is 72.7 Å². The van der Waals surface area contributed by atoms with Crippen molar-refractivity contribution in [1.82, 2.24) is 15.1 Å². The zero-order valence-corrected chi connectivity index (χ0v) is 12.2. The molecule has 1 saturated heterocycles. The van der Waals surface area contributed by atoms with Crippen molar-refractivity contribution in [2.75, 3.05) is 46.3 Å². The fourth-order valence-electron chi connectivity index (χ4n) is 2.93. The third-order valence-electron chi connectivity index (χ3n) is 4.42. The monoisotopic (exact) mass is 269 g/mol. The maximum absolute atomic E-state index is 11.8. The lowest BCUT2D eigenvalue weighted by Gasteiger charge is -2.39. The Kier molecular flexibility index (Phi) is 4.81. The number of nitrogens with one attached hydrogen (secondary N) is 1. The van der Waals surface area contributed by atoms with Gasteiger partial charge in [0, 0.05) is 32.7 Å². The molecule has 1 atom stereocenters. The summed E-state index contributed by atoms with van der Waals surface area (Å²) >= 11 is 0. The molecule has 19 heavy (non-hydrogen) atoms. The molecule has 5 heteroatoms. The zero-order valence-electron chi connectivity index (χ0n) is 12.2. The first kappa shape index (κ1) is 14.8. The van der Waals surface area contributed by atoms with Gasteiger partial charge < -0.3 is 15.3 Å². The van der Waals surface area contributed by atoms with Crippen LogP contribution in [0.4, 0.5) is 0 Å². The highest BCUT2D eigenvalue weighted by atomic mass is 16.4. The van der Waals surface area contributed by atoms with Crippen LogP contribution < -0.4 is 5.32 Å². The molecule has 1 saturated carbocycles. The Balaban J connectivity index is 2.01. The molecular weight excluding hydrogens is 242 g/mol. The number of rotatable bonds is 7. The van der Waals surface area contributed by atoms with Gasteiger partial charge in [0.05, 0.1) is 0 Å². The van der Waals surface area contributed by atoms with Gasteiger partial charge in [-0.15, -0.1) is 0 Å². The maximum atomic E-state index is 11.8. The molecule has 0 aromatic heterocycles. The molecule has 2 N–H and O–H groups in total. The Morgan fingerprint density at radius 3 is 2.42 bits per heavy atom. The van der Waals surface area contributed by atoms with Crippen LogP contribution in [-0.2, 0) is 4.79 Å². The molecule has 2 fully saturated rings. The molecule has 2 rings (SSSR count). The molecule has 110 valence electrons. The van der Waals surface area contributed by atoms with Gasteiger partial charge in [-0.1, -0.05) is 6.92 Å². The van der Waals surface area contributed by atoms with E-state index in [9.17, 15) is 9.90 Å². The summed E-state index contributed by atoms with van der Waals surface area (Å²) in [7, 11) is 2.12. The summed E-state index contributed by atoms with van der Waals surface area (Å²) in [5, 5.41) is 13.1. The summed E-state index contributed by atoms with van der Waals surface area (Å²) < 4.78 is 0. The molecular formula is C14H27N3O2. The van der Waals surface area contributed by atoms with Crippen molar-refractivity contribution in [1.29, 1.82) is 0 Å². The summed E-state index contributed by atoms with van der Waals surface area (Å²) in [5.41, 5.74) is -0.716. The van der Waals surface area contributed by atoms with E-state index in [0.29, 0.717) is 12.5 Å². The van der Waals surface area contributed by atoms with Crippen LogP contribution in [0.25, 0.3) is 0 Å². The van der Waals surface area contributed by atoms with Gasteiger partial charge in [-0.3, -0.25) is 9.69 Å². The first-order chi connectivity index (χ1) is 9.08. The Hall–Kier alpha value is -0.650. The van der Waals surface area contributed by atoms with Gasteiger partial charge >= 0.3 is 5.97 Å². The molecule has 2 aliphatic rings. The molecule has 0 aromatic rings. The van der Waals surface area contributed by atoms with Gasteiger partial charge in [-0.05, 0) is 38.8 Å². The molecule has 0 radical (unpaired) electrons. The van der Waals surface area contributed by atoms with Crippen LogP contribution in [0.2, 0.25) is 0 Å². The van der Waals surface area contributed by atoms with Crippen LogP contribution >= 0.6 is 0 Å². The predicted molar refractivity (Wildman–Crippen MR) is 75.3 cm³/mol. The number of likely N-dealkylation sites (N-methyl/N-ethyl adjacent to an activating group) is 1. The molecule has 0 bridgehead atoms. The van der Waals surface area contributed by atoms with Crippen molar-refractivity contribution in [3.05, 3.63) is 0 Å². The van der Waals surface area contributed by atoms with Crippen molar-refractivity contribution >= 4 is 5.97 Å². The SMILES string of the molecule is CCCNC(CN1CCN(C)CC1)(C(=O)O)C1CC1. The van der Waals surface area contributed by atoms with Crippen LogP contribution in [0.5, 0.6) is 0 Å². The second-order valence-corrected chi connectivity index (χ2v) is 6.06. The van der Waals surface area contributed by atoms with Crippen LogP contribution in [0.3, 0.4) is 0 Å². The minimum absolute atomic E-state index is 0.316. The number of hydrogen-bond donors (Lipinski definition) is 2. The van der Waals surface area contributed by atoms with E-state index in [0.717, 1.165) is 52.0 Å². The number of aliphatic carboxylic acids is 1. The smallest absolute Gasteiger partial charge is 0.325 e. The largest absolute Gasteiger partial charge is 0.480 e. The fraction of sp³-hybridized carbons (Fsp3) is 0.929. The lowest BCUT2D eigenvalue weighted by atomic mass is 9.91. The summed E-state index contributed by atoms with van der Waals surface area (Å²) in [6.07, 6.45) is 3.08. The van der Waals surface area contributed by atoms with E-state index >= 15 is 0 Å². The van der Waals surface area contributed by atoms with Crippen molar-refractivity contribution < 1.29 is 9.90 Å². The number of nitrogens with zero attached hydrogens (tertiary/aromatic N) is 2. The first-order valence-electron chi connectivity index (χ1n) is 7.48. The zero-order chi connectivity index (χ0) is 13.9. The lowest BCUT2D eigenvalue weighted by Crippen LogP contribution is -2.62. The molecule has 1 aliphatic carbocycles. The van der Waals surface area contributed by atoms with Crippen LogP contribution in [0.15, 0.2) is 0 Å². The van der Waals surface area contributed by atoms with Gasteiger partial charge in [0.15, 0.2) is 0 Å². The Morgan fingerprint density at radius 1 is 1.32 bits per heavy atom. The summed E-state index contributed by atoms with van der Waals surface area (Å²) in [4.78, 5) is 16.5. The molecule has 0 amide bonds. The minimum Gasteiger partial charge on any atom is -0.480 e. The molecule has 0 spiro atoms. The second-order valence-electron chi connectivity index (χ2n) is 6.06. The fourth-order valence-corrected chi connectivity index (χ4v) is 2.93. The Bertz CT molecular complexity index is 312. The summed E-state index contributed by atoms with van der Waals surface area (Å²) in [5.74, 6) is -0.349. The van der Waals surface area contributed by atoms with Gasteiger partial charge in [-0.25, -0.2) is 0 Å².